The van der Waals surface area contributed by atoms with Crippen LogP contribution in [0, 0.1) is 6.92 Å². The maximum absolute atomic E-state index is 13.1. The molecule has 0 unspecified atom stereocenters. The van der Waals surface area contributed by atoms with Gasteiger partial charge in [0.05, 0.1) is 35.5 Å². The summed E-state index contributed by atoms with van der Waals surface area (Å²) >= 11 is 0. The van der Waals surface area contributed by atoms with Crippen molar-refractivity contribution in [3.05, 3.63) is 70.9 Å². The number of ether oxygens (including phenoxy) is 1. The Morgan fingerprint density at radius 1 is 0.941 bits per heavy atom. The second-order valence-corrected chi connectivity index (χ2v) is 8.28. The Bertz CT molecular complexity index is 1340. The highest BCUT2D eigenvalue weighted by Crippen LogP contribution is 2.28. The number of fused-ring (bicyclic) bond motifs is 3. The van der Waals surface area contributed by atoms with E-state index in [0.717, 1.165) is 66.1 Å². The minimum Gasteiger partial charge on any atom is -0.495 e. The molecule has 7 nitrogen and oxygen atoms in total. The summed E-state index contributed by atoms with van der Waals surface area (Å²) in [5.41, 5.74) is 3.84. The van der Waals surface area contributed by atoms with E-state index in [1.807, 2.05) is 43.3 Å². The summed E-state index contributed by atoms with van der Waals surface area (Å²) < 4.78 is 7.21. The van der Waals surface area contributed by atoms with Crippen LogP contribution in [-0.4, -0.2) is 59.3 Å². The molecule has 0 aliphatic carbocycles. The highest BCUT2D eigenvalue weighted by Gasteiger charge is 2.19. The van der Waals surface area contributed by atoms with Gasteiger partial charge in [-0.15, -0.1) is 24.8 Å². The fourth-order valence-corrected chi connectivity index (χ4v) is 4.43. The number of anilines is 1. The van der Waals surface area contributed by atoms with Crippen molar-refractivity contribution in [2.45, 2.75) is 13.5 Å². The second kappa shape index (κ2) is 11.0. The van der Waals surface area contributed by atoms with Crippen LogP contribution in [0.5, 0.6) is 5.75 Å². The van der Waals surface area contributed by atoms with Gasteiger partial charge >= 0.3 is 0 Å². The second-order valence-electron chi connectivity index (χ2n) is 8.28. The van der Waals surface area contributed by atoms with Crippen molar-refractivity contribution in [3.8, 4) is 5.75 Å². The van der Waals surface area contributed by atoms with Gasteiger partial charge < -0.3 is 9.64 Å². The molecular weight excluding hydrogens is 473 g/mol. The number of methoxy groups -OCH3 is 1. The molecule has 34 heavy (non-hydrogen) atoms. The molecule has 2 aromatic carbocycles. The molecule has 0 spiro atoms. The van der Waals surface area contributed by atoms with Crippen LogP contribution in [0.1, 0.15) is 5.56 Å². The predicted molar refractivity (Wildman–Crippen MR) is 142 cm³/mol. The molecule has 0 radical (unpaired) electrons. The quantitative estimate of drug-likeness (QED) is 0.386. The van der Waals surface area contributed by atoms with E-state index in [9.17, 15) is 4.79 Å². The first kappa shape index (κ1) is 25.7. The zero-order chi connectivity index (χ0) is 22.1. The van der Waals surface area contributed by atoms with Crippen LogP contribution in [0.15, 0.2) is 59.8 Å². The van der Waals surface area contributed by atoms with Gasteiger partial charge in [-0.3, -0.25) is 19.2 Å². The maximum atomic E-state index is 13.1. The van der Waals surface area contributed by atoms with Crippen molar-refractivity contribution >= 4 is 52.3 Å². The van der Waals surface area contributed by atoms with Crippen molar-refractivity contribution in [1.82, 2.24) is 19.4 Å². The fraction of sp³-hybridized carbons (Fsp3) is 0.320. The molecule has 1 aliphatic heterocycles. The first-order chi connectivity index (χ1) is 15.6. The van der Waals surface area contributed by atoms with E-state index in [0.29, 0.717) is 11.9 Å². The molecule has 4 aromatic rings. The largest absolute Gasteiger partial charge is 0.495 e. The lowest BCUT2D eigenvalue weighted by Gasteiger charge is -2.36. The lowest BCUT2D eigenvalue weighted by molar-refractivity contribution is 0.246. The SMILES string of the molecule is COc1ccccc1N1CCN(CCn2cnc3c(cnc4cc(C)ccc43)c2=O)CC1.Cl.Cl. The number of nitrogens with zero attached hydrogens (tertiary/aromatic N) is 5. The minimum atomic E-state index is -0.0300. The van der Waals surface area contributed by atoms with E-state index in [-0.39, 0.29) is 30.4 Å². The average Bonchev–Trinajstić information content (AvgIpc) is 2.83. The maximum Gasteiger partial charge on any atom is 0.262 e. The van der Waals surface area contributed by atoms with Crippen molar-refractivity contribution in [1.29, 1.82) is 0 Å². The normalized spacial score (nSPS) is 14.0. The summed E-state index contributed by atoms with van der Waals surface area (Å²) in [6, 6.07) is 14.2. The van der Waals surface area contributed by atoms with Crippen molar-refractivity contribution < 1.29 is 4.74 Å². The van der Waals surface area contributed by atoms with Crippen LogP contribution in [-0.2, 0) is 6.54 Å². The molecule has 0 saturated carbocycles. The number of hydrogen-bond acceptors (Lipinski definition) is 6. The molecule has 1 saturated heterocycles. The monoisotopic (exact) mass is 501 g/mol. The summed E-state index contributed by atoms with van der Waals surface area (Å²) in [5.74, 6) is 0.908. The Hall–Kier alpha value is -2.87. The van der Waals surface area contributed by atoms with Gasteiger partial charge in [0.15, 0.2) is 0 Å². The molecule has 9 heteroatoms. The van der Waals surface area contributed by atoms with Gasteiger partial charge in [-0.05, 0) is 30.7 Å². The smallest absolute Gasteiger partial charge is 0.262 e. The topological polar surface area (TPSA) is 63.5 Å². The van der Waals surface area contributed by atoms with Gasteiger partial charge in [0, 0.05) is 50.9 Å². The van der Waals surface area contributed by atoms with Crippen LogP contribution in [0.25, 0.3) is 21.8 Å². The first-order valence-corrected chi connectivity index (χ1v) is 11.0. The van der Waals surface area contributed by atoms with E-state index in [2.05, 4.69) is 25.8 Å². The van der Waals surface area contributed by atoms with E-state index in [1.165, 1.54) is 0 Å². The van der Waals surface area contributed by atoms with Crippen molar-refractivity contribution in [3.63, 3.8) is 0 Å². The summed E-state index contributed by atoms with van der Waals surface area (Å²) in [5, 5.41) is 1.50. The number of rotatable bonds is 5. The lowest BCUT2D eigenvalue weighted by atomic mass is 10.1. The molecule has 3 heterocycles. The van der Waals surface area contributed by atoms with E-state index in [1.54, 1.807) is 24.2 Å². The minimum absolute atomic E-state index is 0. The van der Waals surface area contributed by atoms with Crippen molar-refractivity contribution in [2.75, 3.05) is 44.7 Å². The highest BCUT2D eigenvalue weighted by atomic mass is 35.5. The molecule has 0 atom stereocenters. The zero-order valence-corrected chi connectivity index (χ0v) is 20.9. The van der Waals surface area contributed by atoms with Gasteiger partial charge in [-0.2, -0.15) is 0 Å². The highest BCUT2D eigenvalue weighted by molar-refractivity contribution is 6.02. The van der Waals surface area contributed by atoms with Gasteiger partial charge in [0.2, 0.25) is 0 Å². The van der Waals surface area contributed by atoms with Gasteiger partial charge in [0.25, 0.3) is 5.56 Å². The fourth-order valence-electron chi connectivity index (χ4n) is 4.43. The Kier molecular flexibility index (Phi) is 8.36. The Morgan fingerprint density at radius 2 is 1.71 bits per heavy atom. The number of para-hydroxylation sites is 2. The van der Waals surface area contributed by atoms with Crippen LogP contribution in [0.2, 0.25) is 0 Å². The third-order valence-electron chi connectivity index (χ3n) is 6.27. The number of aryl methyl sites for hydroxylation is 1. The van der Waals surface area contributed by atoms with E-state index >= 15 is 0 Å². The summed E-state index contributed by atoms with van der Waals surface area (Å²) in [6.45, 7) is 7.21. The van der Waals surface area contributed by atoms with Crippen LogP contribution < -0.4 is 15.2 Å². The molecule has 1 fully saturated rings. The zero-order valence-electron chi connectivity index (χ0n) is 19.3. The number of piperazine rings is 1. The van der Waals surface area contributed by atoms with Crippen LogP contribution in [0.3, 0.4) is 0 Å². The molecule has 0 N–H and O–H groups in total. The molecule has 1 aliphatic rings. The van der Waals surface area contributed by atoms with Crippen LogP contribution in [0.4, 0.5) is 5.69 Å². The predicted octanol–water partition coefficient (Wildman–Crippen LogP) is 3.93. The molecular formula is C25H29Cl2N5O2. The number of halogens is 2. The number of pyridine rings is 1. The lowest BCUT2D eigenvalue weighted by Crippen LogP contribution is -2.47. The molecule has 5 rings (SSSR count). The van der Waals surface area contributed by atoms with Gasteiger partial charge in [0.1, 0.15) is 5.75 Å². The molecule has 2 aromatic heterocycles. The van der Waals surface area contributed by atoms with Gasteiger partial charge in [-0.1, -0.05) is 24.3 Å². The Morgan fingerprint density at radius 3 is 2.47 bits per heavy atom. The third kappa shape index (κ3) is 4.97. The van der Waals surface area contributed by atoms with Crippen LogP contribution >= 0.6 is 24.8 Å². The Labute approximate surface area is 211 Å². The summed E-state index contributed by atoms with van der Waals surface area (Å²) in [7, 11) is 1.71. The standard InChI is InChI=1S/C25H27N5O2.2ClH/c1-18-7-8-19-21(15-18)26-16-20-24(19)27-17-30(25(20)31)14-11-28-9-12-29(13-10-28)22-5-3-4-6-23(22)32-2;;/h3-8,15-17H,9-14H2,1-2H3;2*1H. The third-order valence-corrected chi connectivity index (χ3v) is 6.27. The first-order valence-electron chi connectivity index (χ1n) is 11.0. The van der Waals surface area contributed by atoms with E-state index < -0.39 is 0 Å². The van der Waals surface area contributed by atoms with Crippen molar-refractivity contribution in [2.24, 2.45) is 0 Å². The average molecular weight is 502 g/mol. The van der Waals surface area contributed by atoms with Gasteiger partial charge in [-0.25, -0.2) is 4.98 Å². The Balaban J connectivity index is 0.00000162. The summed E-state index contributed by atoms with van der Waals surface area (Å²) in [4.78, 5) is 26.9. The number of benzene rings is 2. The summed E-state index contributed by atoms with van der Waals surface area (Å²) in [6.07, 6.45) is 3.34. The molecule has 0 bridgehead atoms. The molecule has 180 valence electrons. The number of hydrogen-bond donors (Lipinski definition) is 0. The van der Waals surface area contributed by atoms with E-state index in [4.69, 9.17) is 4.74 Å². The molecule has 0 amide bonds. The number of aromatic nitrogens is 3.